The molecule has 6 heteroatoms. The van der Waals surface area contributed by atoms with E-state index in [1.807, 2.05) is 10.6 Å². The third-order valence-electron chi connectivity index (χ3n) is 3.95. The van der Waals surface area contributed by atoms with Crippen LogP contribution in [0.4, 0.5) is 0 Å². The van der Waals surface area contributed by atoms with E-state index in [9.17, 15) is 13.2 Å². The molecule has 1 unspecified atom stereocenters. The Morgan fingerprint density at radius 1 is 1.23 bits per heavy atom. The van der Waals surface area contributed by atoms with Gasteiger partial charge in [0.1, 0.15) is 0 Å². The molecule has 0 N–H and O–H groups in total. The zero-order valence-electron chi connectivity index (χ0n) is 12.0. The van der Waals surface area contributed by atoms with Crippen molar-refractivity contribution >= 4 is 15.6 Å². The Morgan fingerprint density at radius 3 is 2.50 bits per heavy atom. The summed E-state index contributed by atoms with van der Waals surface area (Å²) in [6.07, 6.45) is 1.85. The van der Waals surface area contributed by atoms with Crippen molar-refractivity contribution in [2.75, 3.05) is 6.26 Å². The van der Waals surface area contributed by atoms with Crippen molar-refractivity contribution in [3.63, 3.8) is 0 Å². The number of hydrogen-bond donors (Lipinski definition) is 0. The Kier molecular flexibility index (Phi) is 3.38. The van der Waals surface area contributed by atoms with Crippen molar-refractivity contribution in [2.45, 2.75) is 23.8 Å². The fourth-order valence-electron chi connectivity index (χ4n) is 2.77. The van der Waals surface area contributed by atoms with E-state index in [0.29, 0.717) is 17.8 Å². The monoisotopic (exact) mass is 314 g/mol. The molecule has 0 aliphatic carbocycles. The molecule has 1 atom stereocenters. The summed E-state index contributed by atoms with van der Waals surface area (Å²) in [5, 5.41) is 9.08. The van der Waals surface area contributed by atoms with Gasteiger partial charge in [-0.1, -0.05) is 0 Å². The summed E-state index contributed by atoms with van der Waals surface area (Å²) < 4.78 is 24.8. The highest BCUT2D eigenvalue weighted by Crippen LogP contribution is 2.30. The fraction of sp³-hybridized carbons (Fsp3) is 0.250. The molecule has 0 saturated carbocycles. The molecule has 1 aliphatic rings. The summed E-state index contributed by atoms with van der Waals surface area (Å²) >= 11 is 0. The molecule has 0 saturated heterocycles. The van der Waals surface area contributed by atoms with Gasteiger partial charge in [0.25, 0.3) is 0 Å². The predicted octanol–water partition coefficient (Wildman–Crippen LogP) is 2.13. The van der Waals surface area contributed by atoms with Crippen LogP contribution in [0.1, 0.15) is 34.1 Å². The van der Waals surface area contributed by atoms with Crippen LogP contribution in [0, 0.1) is 11.3 Å². The first-order valence-electron chi connectivity index (χ1n) is 6.85. The number of hydrogen-bond acceptors (Lipinski definition) is 4. The van der Waals surface area contributed by atoms with Crippen LogP contribution in [0.3, 0.4) is 0 Å². The highest BCUT2D eigenvalue weighted by atomic mass is 32.2. The van der Waals surface area contributed by atoms with Gasteiger partial charge in [0.05, 0.1) is 22.6 Å². The molecule has 0 amide bonds. The first-order chi connectivity index (χ1) is 10.4. The Labute approximate surface area is 128 Å². The van der Waals surface area contributed by atoms with Crippen molar-refractivity contribution in [1.29, 1.82) is 5.26 Å². The van der Waals surface area contributed by atoms with Crippen LogP contribution in [0.2, 0.25) is 0 Å². The molecule has 1 aromatic heterocycles. The third-order valence-corrected chi connectivity index (χ3v) is 5.07. The van der Waals surface area contributed by atoms with Crippen LogP contribution >= 0.6 is 0 Å². The highest BCUT2D eigenvalue weighted by Gasteiger charge is 2.27. The summed E-state index contributed by atoms with van der Waals surface area (Å²) in [6.45, 7) is 0.656. The lowest BCUT2D eigenvalue weighted by molar-refractivity contribution is 0.103. The first-order valence-corrected chi connectivity index (χ1v) is 8.75. The van der Waals surface area contributed by atoms with Crippen molar-refractivity contribution in [1.82, 2.24) is 4.57 Å². The Bertz CT molecular complexity index is 886. The second-order valence-corrected chi connectivity index (χ2v) is 7.41. The van der Waals surface area contributed by atoms with Crippen molar-refractivity contribution in [2.24, 2.45) is 0 Å². The first kappa shape index (κ1) is 14.5. The topological polar surface area (TPSA) is 79.9 Å². The van der Waals surface area contributed by atoms with E-state index in [0.717, 1.165) is 18.4 Å². The summed E-state index contributed by atoms with van der Waals surface area (Å²) in [5.74, 6) is -0.320. The number of aromatic nitrogens is 1. The number of rotatable bonds is 3. The molecule has 0 fully saturated rings. The molecule has 2 heterocycles. The summed E-state index contributed by atoms with van der Waals surface area (Å²) in [5.41, 5.74) is 1.85. The van der Waals surface area contributed by atoms with Gasteiger partial charge in [0, 0.05) is 24.1 Å². The average molecular weight is 314 g/mol. The lowest BCUT2D eigenvalue weighted by Crippen LogP contribution is -2.09. The largest absolute Gasteiger partial charge is 0.341 e. The van der Waals surface area contributed by atoms with Gasteiger partial charge >= 0.3 is 0 Å². The standard InChI is InChI=1S/C16H14N2O3S/c1-22(20,21)13-4-2-11(3-5-13)16(19)15-7-6-14-12(10-17)8-9-18(14)15/h2-7,12H,8-9H2,1H3. The Balaban J connectivity index is 1.95. The minimum Gasteiger partial charge on any atom is -0.341 e. The number of nitrogens with zero attached hydrogens (tertiary/aromatic N) is 2. The molecule has 0 radical (unpaired) electrons. The zero-order chi connectivity index (χ0) is 15.9. The van der Waals surface area contributed by atoms with Gasteiger partial charge in [-0.25, -0.2) is 8.42 Å². The lowest BCUT2D eigenvalue weighted by atomic mass is 10.1. The third kappa shape index (κ3) is 2.34. The van der Waals surface area contributed by atoms with Gasteiger partial charge in [-0.15, -0.1) is 0 Å². The summed E-state index contributed by atoms with van der Waals surface area (Å²) in [7, 11) is -3.27. The highest BCUT2D eigenvalue weighted by molar-refractivity contribution is 7.90. The molecule has 1 aromatic carbocycles. The van der Waals surface area contributed by atoms with Gasteiger partial charge in [0.15, 0.2) is 9.84 Å². The van der Waals surface area contributed by atoms with Gasteiger partial charge in [0.2, 0.25) is 5.78 Å². The smallest absolute Gasteiger partial charge is 0.209 e. The van der Waals surface area contributed by atoms with E-state index < -0.39 is 9.84 Å². The van der Waals surface area contributed by atoms with E-state index in [1.54, 1.807) is 6.07 Å². The number of sulfone groups is 1. The fourth-order valence-corrected chi connectivity index (χ4v) is 3.40. The summed E-state index contributed by atoms with van der Waals surface area (Å²) in [6, 6.07) is 11.7. The van der Waals surface area contributed by atoms with Crippen LogP contribution in [-0.4, -0.2) is 25.0 Å². The molecular formula is C16H14N2O3S. The summed E-state index contributed by atoms with van der Waals surface area (Å²) in [4.78, 5) is 12.8. The normalized spacial score (nSPS) is 17.0. The van der Waals surface area contributed by atoms with Gasteiger partial charge < -0.3 is 4.57 Å². The lowest BCUT2D eigenvalue weighted by Gasteiger charge is -2.06. The molecule has 22 heavy (non-hydrogen) atoms. The second-order valence-electron chi connectivity index (χ2n) is 5.39. The molecular weight excluding hydrogens is 300 g/mol. The number of nitriles is 1. The van der Waals surface area contributed by atoms with Crippen molar-refractivity contribution in [3.8, 4) is 6.07 Å². The van der Waals surface area contributed by atoms with Crippen LogP contribution in [0.5, 0.6) is 0 Å². The number of benzene rings is 1. The molecule has 3 rings (SSSR count). The van der Waals surface area contributed by atoms with E-state index in [1.165, 1.54) is 24.3 Å². The number of ketones is 1. The van der Waals surface area contributed by atoms with Gasteiger partial charge in [-0.2, -0.15) is 5.26 Å². The molecule has 5 nitrogen and oxygen atoms in total. The zero-order valence-corrected chi connectivity index (χ0v) is 12.8. The van der Waals surface area contributed by atoms with Gasteiger partial charge in [-0.05, 0) is 42.8 Å². The van der Waals surface area contributed by atoms with E-state index in [4.69, 9.17) is 5.26 Å². The average Bonchev–Trinajstić information content (AvgIpc) is 3.07. The molecule has 0 bridgehead atoms. The van der Waals surface area contributed by atoms with E-state index in [-0.39, 0.29) is 16.6 Å². The van der Waals surface area contributed by atoms with Crippen LogP contribution in [-0.2, 0) is 16.4 Å². The van der Waals surface area contributed by atoms with E-state index in [2.05, 4.69) is 6.07 Å². The predicted molar refractivity (Wildman–Crippen MR) is 80.4 cm³/mol. The Hall–Kier alpha value is -2.39. The number of carbonyl (C=O) groups excluding carboxylic acids is 1. The molecule has 1 aliphatic heterocycles. The minimum atomic E-state index is -3.27. The van der Waals surface area contributed by atoms with E-state index >= 15 is 0 Å². The van der Waals surface area contributed by atoms with Crippen LogP contribution in [0.25, 0.3) is 0 Å². The second kappa shape index (κ2) is 5.11. The van der Waals surface area contributed by atoms with Crippen molar-refractivity contribution in [3.05, 3.63) is 53.3 Å². The quantitative estimate of drug-likeness (QED) is 0.813. The maximum Gasteiger partial charge on any atom is 0.209 e. The molecule has 2 aromatic rings. The van der Waals surface area contributed by atoms with Crippen molar-refractivity contribution < 1.29 is 13.2 Å². The van der Waals surface area contributed by atoms with Crippen LogP contribution in [0.15, 0.2) is 41.3 Å². The number of fused-ring (bicyclic) bond motifs is 1. The van der Waals surface area contributed by atoms with Crippen LogP contribution < -0.4 is 0 Å². The SMILES string of the molecule is CS(=O)(=O)c1ccc(C(=O)c2ccc3n2CCC3C#N)cc1. The number of carbonyl (C=O) groups is 1. The Morgan fingerprint density at radius 2 is 1.91 bits per heavy atom. The minimum absolute atomic E-state index is 0.158. The molecule has 0 spiro atoms. The maximum atomic E-state index is 12.6. The maximum absolute atomic E-state index is 12.6. The van der Waals surface area contributed by atoms with Gasteiger partial charge in [-0.3, -0.25) is 4.79 Å². The molecule has 112 valence electrons.